The van der Waals surface area contributed by atoms with Gasteiger partial charge in [0.25, 0.3) is 5.91 Å². The number of quaternary nitrogens is 1. The maximum Gasteiger partial charge on any atom is 0.371 e. The minimum atomic E-state index is -3.47. The molecule has 5 nitrogen and oxygen atoms in total. The number of alkyl halides is 2. The molecule has 0 aromatic rings. The predicted molar refractivity (Wildman–Crippen MR) is 43.8 cm³/mol. The molecule has 0 unspecified atom stereocenters. The lowest BCUT2D eigenvalue weighted by Gasteiger charge is -2.13. The number of rotatable bonds is 7. The summed E-state index contributed by atoms with van der Waals surface area (Å²) in [4.78, 5) is 10.8. The molecule has 5 N–H and O–H groups in total. The Kier molecular flexibility index (Phi) is 6.26. The maximum atomic E-state index is 12.9. The number of halogens is 2. The highest BCUT2D eigenvalue weighted by Crippen LogP contribution is 2.09. The number of amides is 1. The van der Waals surface area contributed by atoms with Gasteiger partial charge in [-0.3, -0.25) is 4.79 Å². The van der Waals surface area contributed by atoms with Gasteiger partial charge in [0.15, 0.2) is 0 Å². The van der Waals surface area contributed by atoms with E-state index in [1.165, 1.54) is 0 Å². The quantitative estimate of drug-likeness (QED) is 0.347. The van der Waals surface area contributed by atoms with Crippen LogP contribution in [0.2, 0.25) is 0 Å². The van der Waals surface area contributed by atoms with Crippen molar-refractivity contribution in [1.29, 1.82) is 0 Å². The van der Waals surface area contributed by atoms with Gasteiger partial charge >= 0.3 is 5.92 Å². The van der Waals surface area contributed by atoms with Crippen LogP contribution in [0, 0.1) is 0 Å². The Morgan fingerprint density at radius 2 is 2.00 bits per heavy atom. The monoisotopic (exact) mass is 213 g/mol. The Balaban J connectivity index is 3.83. The van der Waals surface area contributed by atoms with Crippen molar-refractivity contribution >= 4 is 5.91 Å². The molecule has 0 atom stereocenters. The molecule has 1 amide bonds. The van der Waals surface area contributed by atoms with Crippen LogP contribution in [0.5, 0.6) is 0 Å². The highest BCUT2D eigenvalue weighted by molar-refractivity contribution is 5.83. The van der Waals surface area contributed by atoms with Crippen molar-refractivity contribution in [2.75, 3.05) is 32.8 Å². The number of carbonyl (C=O) groups excluding carboxylic acids is 1. The van der Waals surface area contributed by atoms with E-state index < -0.39 is 18.4 Å². The second-order valence-corrected chi connectivity index (χ2v) is 2.69. The van der Waals surface area contributed by atoms with Crippen LogP contribution in [0.15, 0.2) is 0 Å². The molecule has 0 spiro atoms. The molecule has 0 aromatic carbocycles. The van der Waals surface area contributed by atoms with Gasteiger partial charge in [-0.25, -0.2) is 0 Å². The van der Waals surface area contributed by atoms with Crippen LogP contribution in [0.1, 0.15) is 0 Å². The van der Waals surface area contributed by atoms with Gasteiger partial charge in [0.05, 0.1) is 19.8 Å². The van der Waals surface area contributed by atoms with Gasteiger partial charge in [-0.05, 0) is 0 Å². The summed E-state index contributed by atoms with van der Waals surface area (Å²) in [5.41, 5.74) is 0. The Labute approximate surface area is 80.1 Å². The Morgan fingerprint density at radius 1 is 1.36 bits per heavy atom. The molecule has 0 rings (SSSR count). The van der Waals surface area contributed by atoms with Gasteiger partial charge in [0.2, 0.25) is 0 Å². The fraction of sp³-hybridized carbons (Fsp3) is 0.857. The number of aliphatic hydroxyl groups is 2. The molecule has 0 radical (unpaired) electrons. The first-order valence-electron chi connectivity index (χ1n) is 4.24. The molecule has 0 bridgehead atoms. The van der Waals surface area contributed by atoms with E-state index in [2.05, 4.69) is 0 Å². The van der Waals surface area contributed by atoms with Crippen LogP contribution in [0.25, 0.3) is 0 Å². The number of hydrogen-bond acceptors (Lipinski definition) is 3. The zero-order valence-electron chi connectivity index (χ0n) is 7.67. The molecule has 7 heteroatoms. The Morgan fingerprint density at radius 3 is 2.50 bits per heavy atom. The largest absolute Gasteiger partial charge is 0.395 e. The first kappa shape index (κ1) is 13.2. The van der Waals surface area contributed by atoms with Crippen molar-refractivity contribution in [1.82, 2.24) is 5.32 Å². The number of nitrogens with one attached hydrogen (secondary N) is 1. The molecule has 0 aliphatic heterocycles. The number of carbonyl (C=O) groups is 1. The van der Waals surface area contributed by atoms with Crippen LogP contribution >= 0.6 is 0 Å². The van der Waals surface area contributed by atoms with Crippen LogP contribution in [-0.2, 0) is 4.79 Å². The van der Waals surface area contributed by atoms with Gasteiger partial charge in [0.1, 0.15) is 6.54 Å². The highest BCUT2D eigenvalue weighted by Gasteiger charge is 2.40. The summed E-state index contributed by atoms with van der Waals surface area (Å²) in [7, 11) is 0. The summed E-state index contributed by atoms with van der Waals surface area (Å²) in [6.07, 6.45) is 0. The topological polar surface area (TPSA) is 86.2 Å². The van der Waals surface area contributed by atoms with E-state index in [0.717, 1.165) is 5.32 Å². The van der Waals surface area contributed by atoms with Gasteiger partial charge in [0, 0.05) is 6.54 Å². The first-order chi connectivity index (χ1) is 6.54. The summed E-state index contributed by atoms with van der Waals surface area (Å²) in [6.45, 7) is -1.35. The lowest BCUT2D eigenvalue weighted by Crippen LogP contribution is -2.89. The third-order valence-corrected chi connectivity index (χ3v) is 1.46. The van der Waals surface area contributed by atoms with Crippen molar-refractivity contribution in [3.63, 3.8) is 0 Å². The van der Waals surface area contributed by atoms with Gasteiger partial charge < -0.3 is 20.8 Å². The number of nitrogens with two attached hydrogens (primary N) is 1. The molecule has 0 aromatic heterocycles. The van der Waals surface area contributed by atoms with Crippen LogP contribution in [0.4, 0.5) is 8.78 Å². The van der Waals surface area contributed by atoms with E-state index in [1.807, 2.05) is 5.32 Å². The lowest BCUT2D eigenvalue weighted by atomic mass is 10.3. The minimum absolute atomic E-state index is 0.128. The van der Waals surface area contributed by atoms with E-state index in [0.29, 0.717) is 0 Å². The average Bonchev–Trinajstić information content (AvgIpc) is 2.14. The van der Waals surface area contributed by atoms with E-state index in [4.69, 9.17) is 10.2 Å². The summed E-state index contributed by atoms with van der Waals surface area (Å²) >= 11 is 0. The average molecular weight is 213 g/mol. The summed E-state index contributed by atoms with van der Waals surface area (Å²) in [5.74, 6) is -4.87. The SMILES string of the molecule is O=C(NCCO)C(F)(F)C[NH2+]CCO. The molecule has 0 saturated heterocycles. The molecule has 14 heavy (non-hydrogen) atoms. The fourth-order valence-corrected chi connectivity index (χ4v) is 0.766. The van der Waals surface area contributed by atoms with Crippen LogP contribution < -0.4 is 10.6 Å². The third kappa shape index (κ3) is 5.05. The van der Waals surface area contributed by atoms with Crippen molar-refractivity contribution in [3.8, 4) is 0 Å². The summed E-state index contributed by atoms with van der Waals surface area (Å²) in [6, 6.07) is 0. The second-order valence-electron chi connectivity index (χ2n) is 2.69. The molecule has 84 valence electrons. The Hall–Kier alpha value is -0.790. The first-order valence-corrected chi connectivity index (χ1v) is 4.24. The van der Waals surface area contributed by atoms with Gasteiger partial charge in [-0.2, -0.15) is 8.78 Å². The normalized spacial score (nSPS) is 11.4. The van der Waals surface area contributed by atoms with Crippen LogP contribution in [0.3, 0.4) is 0 Å². The second kappa shape index (κ2) is 6.63. The van der Waals surface area contributed by atoms with Gasteiger partial charge in [-0.1, -0.05) is 0 Å². The molecule has 0 aliphatic rings. The minimum Gasteiger partial charge on any atom is -0.395 e. The number of aliphatic hydroxyl groups excluding tert-OH is 2. The zero-order valence-corrected chi connectivity index (χ0v) is 7.67. The van der Waals surface area contributed by atoms with E-state index in [9.17, 15) is 13.6 Å². The van der Waals surface area contributed by atoms with E-state index in [-0.39, 0.29) is 26.3 Å². The highest BCUT2D eigenvalue weighted by atomic mass is 19.3. The predicted octanol–water partition coefficient (Wildman–Crippen LogP) is -2.71. The third-order valence-electron chi connectivity index (χ3n) is 1.46. The molecule has 0 fully saturated rings. The van der Waals surface area contributed by atoms with Crippen molar-refractivity contribution in [3.05, 3.63) is 0 Å². The fourth-order valence-electron chi connectivity index (χ4n) is 0.766. The van der Waals surface area contributed by atoms with Crippen molar-refractivity contribution < 1.29 is 29.1 Å². The van der Waals surface area contributed by atoms with Gasteiger partial charge in [-0.15, -0.1) is 0 Å². The molecular formula is C7H15F2N2O3+. The lowest BCUT2D eigenvalue weighted by molar-refractivity contribution is -0.668. The zero-order chi connectivity index (χ0) is 11.0. The number of hydrogen-bond donors (Lipinski definition) is 4. The molecule has 0 heterocycles. The summed E-state index contributed by atoms with van der Waals surface area (Å²) in [5, 5.41) is 19.7. The van der Waals surface area contributed by atoms with E-state index in [1.54, 1.807) is 0 Å². The summed E-state index contributed by atoms with van der Waals surface area (Å²) < 4.78 is 25.7. The Bertz CT molecular complexity index is 178. The maximum absolute atomic E-state index is 12.9. The van der Waals surface area contributed by atoms with Crippen molar-refractivity contribution in [2.24, 2.45) is 0 Å². The van der Waals surface area contributed by atoms with E-state index >= 15 is 0 Å². The smallest absolute Gasteiger partial charge is 0.371 e. The standard InChI is InChI=1S/C7H14F2N2O3/c8-7(9,5-10-1-3-12)6(14)11-2-4-13/h10,12-13H,1-5H2,(H,11,14)/p+1. The molecular weight excluding hydrogens is 198 g/mol. The van der Waals surface area contributed by atoms with Crippen LogP contribution in [-0.4, -0.2) is 54.9 Å². The van der Waals surface area contributed by atoms with Crippen molar-refractivity contribution in [2.45, 2.75) is 5.92 Å². The molecule has 0 aliphatic carbocycles. The molecule has 0 saturated carbocycles.